The molecule has 0 saturated carbocycles. The maximum Gasteiger partial charge on any atom is 0.176 e. The van der Waals surface area contributed by atoms with Crippen LogP contribution in [0, 0.1) is 5.82 Å². The number of ether oxygens (including phenoxy) is 1. The number of hydrogen-bond acceptors (Lipinski definition) is 8. The molecule has 7 rings (SSSR count). The van der Waals surface area contributed by atoms with Gasteiger partial charge < -0.3 is 19.5 Å². The summed E-state index contributed by atoms with van der Waals surface area (Å²) in [4.78, 5) is 25.0. The van der Waals surface area contributed by atoms with Crippen LogP contribution in [-0.4, -0.2) is 81.7 Å². The number of nitrogens with one attached hydrogen (secondary N) is 1. The fourth-order valence-electron chi connectivity index (χ4n) is 5.38. The molecule has 1 atom stereocenters. The molecule has 3 aromatic heterocycles. The minimum absolute atomic E-state index is 0.331. The highest BCUT2D eigenvalue weighted by atomic mass is 32.1. The van der Waals surface area contributed by atoms with Gasteiger partial charge in [-0.2, -0.15) is 0 Å². The third kappa shape index (κ3) is 3.76. The number of rotatable bonds is 4. The quantitative estimate of drug-likeness (QED) is 0.468. The molecular formula is C25H26FN7OS. The normalized spacial score (nSPS) is 20.9. The molecule has 8 nitrogen and oxygen atoms in total. The zero-order valence-corrected chi connectivity index (χ0v) is 20.1. The zero-order chi connectivity index (χ0) is 23.4. The third-order valence-corrected chi connectivity index (χ3v) is 8.20. The van der Waals surface area contributed by atoms with Gasteiger partial charge in [0, 0.05) is 55.9 Å². The molecular weight excluding hydrogens is 465 g/mol. The van der Waals surface area contributed by atoms with E-state index >= 15 is 4.39 Å². The first-order valence-corrected chi connectivity index (χ1v) is 13.0. The van der Waals surface area contributed by atoms with Crippen LogP contribution in [0.15, 0.2) is 36.7 Å². The Labute approximate surface area is 206 Å². The molecule has 0 aliphatic carbocycles. The Balaban J connectivity index is 1.30. The van der Waals surface area contributed by atoms with Gasteiger partial charge >= 0.3 is 0 Å². The highest BCUT2D eigenvalue weighted by Crippen LogP contribution is 2.36. The summed E-state index contributed by atoms with van der Waals surface area (Å²) < 4.78 is 21.7. The Morgan fingerprint density at radius 1 is 1.09 bits per heavy atom. The molecule has 10 heteroatoms. The van der Waals surface area contributed by atoms with E-state index in [9.17, 15) is 0 Å². The number of thiazole rings is 1. The topological polar surface area (TPSA) is 73.4 Å². The van der Waals surface area contributed by atoms with Crippen LogP contribution in [0.25, 0.3) is 32.6 Å². The van der Waals surface area contributed by atoms with Gasteiger partial charge in [0.15, 0.2) is 17.3 Å². The van der Waals surface area contributed by atoms with E-state index in [2.05, 4.69) is 32.0 Å². The number of H-pyrrole nitrogens is 1. The van der Waals surface area contributed by atoms with Crippen molar-refractivity contribution in [2.75, 3.05) is 50.8 Å². The second kappa shape index (κ2) is 8.54. The average molecular weight is 492 g/mol. The van der Waals surface area contributed by atoms with Crippen molar-refractivity contribution in [3.05, 3.63) is 47.5 Å². The summed E-state index contributed by atoms with van der Waals surface area (Å²) in [6.45, 7) is 6.68. The first-order valence-electron chi connectivity index (χ1n) is 12.1. The van der Waals surface area contributed by atoms with E-state index in [4.69, 9.17) is 19.7 Å². The molecule has 1 aromatic carbocycles. The number of anilines is 1. The van der Waals surface area contributed by atoms with E-state index in [1.807, 2.05) is 12.3 Å². The standard InChI is InChI=1S/C25H26FN7OS/c26-18-3-4-19-17(5-6-27-19)21(18)23-29-24-22(25(30-23)33-10-12-34-13-11-33)35-20(28-24)15-31-8-9-32-7-1-2-16(32)14-31/h1,3-7,16,27H,2,8-15H2/t16-/m0/s1. The Bertz CT molecular complexity index is 1430. The Kier molecular flexibility index (Phi) is 5.18. The molecule has 3 aliphatic heterocycles. The maximum atomic E-state index is 15.1. The van der Waals surface area contributed by atoms with Crippen LogP contribution in [0.3, 0.4) is 0 Å². The van der Waals surface area contributed by atoms with Crippen molar-refractivity contribution in [3.8, 4) is 11.4 Å². The molecule has 0 amide bonds. The monoisotopic (exact) mass is 491 g/mol. The molecule has 1 N–H and O–H groups in total. The largest absolute Gasteiger partial charge is 0.378 e. The predicted molar refractivity (Wildman–Crippen MR) is 135 cm³/mol. The fourth-order valence-corrected chi connectivity index (χ4v) is 6.45. The van der Waals surface area contributed by atoms with E-state index in [0.717, 1.165) is 72.1 Å². The number of morpholine rings is 1. The van der Waals surface area contributed by atoms with Crippen molar-refractivity contribution in [1.29, 1.82) is 0 Å². The van der Waals surface area contributed by atoms with E-state index in [0.29, 0.717) is 36.3 Å². The second-order valence-electron chi connectivity index (χ2n) is 9.34. The van der Waals surface area contributed by atoms with Crippen molar-refractivity contribution in [2.45, 2.75) is 19.0 Å². The van der Waals surface area contributed by atoms with Gasteiger partial charge in [0.1, 0.15) is 15.5 Å². The Hall–Kier alpha value is -3.08. The molecule has 0 radical (unpaired) electrons. The van der Waals surface area contributed by atoms with Gasteiger partial charge in [-0.15, -0.1) is 11.3 Å². The molecule has 0 bridgehead atoms. The van der Waals surface area contributed by atoms with E-state index in [1.165, 1.54) is 6.07 Å². The molecule has 6 heterocycles. The molecule has 35 heavy (non-hydrogen) atoms. The minimum atomic E-state index is -0.331. The predicted octanol–water partition coefficient (Wildman–Crippen LogP) is 3.61. The fraction of sp³-hybridized carbons (Fsp3) is 0.400. The van der Waals surface area contributed by atoms with Crippen LogP contribution < -0.4 is 4.90 Å². The van der Waals surface area contributed by atoms with Crippen LogP contribution in [0.4, 0.5) is 10.2 Å². The summed E-state index contributed by atoms with van der Waals surface area (Å²) in [5.41, 5.74) is 1.92. The van der Waals surface area contributed by atoms with E-state index in [-0.39, 0.29) is 5.82 Å². The van der Waals surface area contributed by atoms with Crippen LogP contribution in [-0.2, 0) is 11.3 Å². The number of aromatic amines is 1. The summed E-state index contributed by atoms with van der Waals surface area (Å²) in [6, 6.07) is 5.66. The first kappa shape index (κ1) is 21.2. The number of piperazine rings is 1. The van der Waals surface area contributed by atoms with Gasteiger partial charge in [-0.05, 0) is 30.8 Å². The molecule has 2 fully saturated rings. The zero-order valence-electron chi connectivity index (χ0n) is 19.3. The summed E-state index contributed by atoms with van der Waals surface area (Å²) >= 11 is 1.66. The Morgan fingerprint density at radius 3 is 2.91 bits per heavy atom. The van der Waals surface area contributed by atoms with E-state index in [1.54, 1.807) is 17.4 Å². The Morgan fingerprint density at radius 2 is 2.00 bits per heavy atom. The SMILES string of the molecule is Fc1ccc2[nH]ccc2c1-c1nc(N2CCOCC2)c2sc(CN3CCN4C=CC[C@H]4C3)nc2n1. The molecule has 0 spiro atoms. The summed E-state index contributed by atoms with van der Waals surface area (Å²) in [5, 5.41) is 1.80. The number of aromatic nitrogens is 4. The third-order valence-electron chi connectivity index (χ3n) is 7.17. The number of halogens is 1. The molecule has 2 saturated heterocycles. The van der Waals surface area contributed by atoms with Crippen molar-refractivity contribution in [1.82, 2.24) is 29.7 Å². The van der Waals surface area contributed by atoms with Gasteiger partial charge in [-0.3, -0.25) is 4.90 Å². The summed E-state index contributed by atoms with van der Waals surface area (Å²) in [7, 11) is 0. The van der Waals surface area contributed by atoms with Crippen LogP contribution in [0.5, 0.6) is 0 Å². The first-order chi connectivity index (χ1) is 17.2. The lowest BCUT2D eigenvalue weighted by molar-refractivity contribution is 0.117. The number of benzene rings is 1. The highest BCUT2D eigenvalue weighted by molar-refractivity contribution is 7.19. The van der Waals surface area contributed by atoms with Crippen molar-refractivity contribution >= 4 is 38.4 Å². The van der Waals surface area contributed by atoms with Crippen molar-refractivity contribution < 1.29 is 9.13 Å². The maximum absolute atomic E-state index is 15.1. The summed E-state index contributed by atoms with van der Waals surface area (Å²) in [5.74, 6) is 0.876. The smallest absolute Gasteiger partial charge is 0.176 e. The van der Waals surface area contributed by atoms with Gasteiger partial charge in [0.05, 0.1) is 25.3 Å². The van der Waals surface area contributed by atoms with Gasteiger partial charge in [0.2, 0.25) is 0 Å². The number of fused-ring (bicyclic) bond motifs is 3. The summed E-state index contributed by atoms with van der Waals surface area (Å²) in [6.07, 6.45) is 7.43. The lowest BCUT2D eigenvalue weighted by atomic mass is 10.1. The van der Waals surface area contributed by atoms with Gasteiger partial charge in [0.25, 0.3) is 0 Å². The molecule has 3 aliphatic rings. The van der Waals surface area contributed by atoms with Crippen LogP contribution >= 0.6 is 11.3 Å². The van der Waals surface area contributed by atoms with Crippen LogP contribution in [0.1, 0.15) is 11.4 Å². The average Bonchev–Trinajstić information content (AvgIpc) is 3.63. The van der Waals surface area contributed by atoms with Gasteiger partial charge in [-0.1, -0.05) is 6.08 Å². The number of hydrogen-bond donors (Lipinski definition) is 1. The highest BCUT2D eigenvalue weighted by Gasteiger charge is 2.28. The second-order valence-corrected chi connectivity index (χ2v) is 10.4. The van der Waals surface area contributed by atoms with Gasteiger partial charge in [-0.25, -0.2) is 19.3 Å². The van der Waals surface area contributed by atoms with E-state index < -0.39 is 0 Å². The van der Waals surface area contributed by atoms with Crippen LogP contribution in [0.2, 0.25) is 0 Å². The number of nitrogens with zero attached hydrogens (tertiary/aromatic N) is 6. The lowest BCUT2D eigenvalue weighted by Gasteiger charge is -2.37. The molecule has 180 valence electrons. The molecule has 4 aromatic rings. The van der Waals surface area contributed by atoms with Crippen molar-refractivity contribution in [3.63, 3.8) is 0 Å². The van der Waals surface area contributed by atoms with Crippen molar-refractivity contribution in [2.24, 2.45) is 0 Å². The lowest BCUT2D eigenvalue weighted by Crippen LogP contribution is -2.48. The minimum Gasteiger partial charge on any atom is -0.378 e. The molecule has 0 unspecified atom stereocenters.